The van der Waals surface area contributed by atoms with Gasteiger partial charge in [0.05, 0.1) is 4.90 Å². The molecule has 0 bridgehead atoms. The lowest BCUT2D eigenvalue weighted by Gasteiger charge is -2.31. The molecule has 9 heteroatoms. The Morgan fingerprint density at radius 2 is 1.82 bits per heavy atom. The highest BCUT2D eigenvalue weighted by Gasteiger charge is 2.30. The summed E-state index contributed by atoms with van der Waals surface area (Å²) < 4.78 is 32.0. The van der Waals surface area contributed by atoms with Gasteiger partial charge in [-0.25, -0.2) is 8.42 Å². The Bertz CT molecular complexity index is 756. The first kappa shape index (κ1) is 22.3. The molecule has 1 aromatic rings. The summed E-state index contributed by atoms with van der Waals surface area (Å²) in [7, 11) is -1.95. The predicted molar refractivity (Wildman–Crippen MR) is 106 cm³/mol. The summed E-state index contributed by atoms with van der Waals surface area (Å²) in [5.41, 5.74) is 0.557. The topological polar surface area (TPSA) is 105 Å². The summed E-state index contributed by atoms with van der Waals surface area (Å²) in [4.78, 5) is 23.2. The van der Waals surface area contributed by atoms with E-state index < -0.39 is 10.0 Å². The highest BCUT2D eigenvalue weighted by atomic mass is 32.2. The Morgan fingerprint density at radius 1 is 1.18 bits per heavy atom. The van der Waals surface area contributed by atoms with Crippen LogP contribution in [0.3, 0.4) is 0 Å². The number of carbonyl (C=O) groups is 2. The molecule has 1 aliphatic rings. The lowest BCUT2D eigenvalue weighted by atomic mass is 9.94. The first-order valence-corrected chi connectivity index (χ1v) is 10.9. The minimum Gasteiger partial charge on any atom is -0.385 e. The fraction of sp³-hybridized carbons (Fsp3) is 0.579. The average Bonchev–Trinajstić information content (AvgIpc) is 2.66. The number of rotatable bonds is 9. The molecule has 0 aliphatic carbocycles. The number of benzene rings is 1. The number of nitrogens with zero attached hydrogens (tertiary/aromatic N) is 1. The van der Waals surface area contributed by atoms with Gasteiger partial charge in [0, 0.05) is 52.4 Å². The Labute approximate surface area is 166 Å². The Balaban J connectivity index is 1.84. The van der Waals surface area contributed by atoms with Crippen molar-refractivity contribution >= 4 is 27.5 Å². The minimum atomic E-state index is -3.57. The number of ether oxygens (including phenoxy) is 1. The van der Waals surface area contributed by atoms with E-state index in [1.165, 1.54) is 23.4 Å². The maximum Gasteiger partial charge on any atom is 0.243 e. The van der Waals surface area contributed by atoms with E-state index in [2.05, 4.69) is 10.6 Å². The lowest BCUT2D eigenvalue weighted by molar-refractivity contribution is -0.122. The van der Waals surface area contributed by atoms with Crippen LogP contribution >= 0.6 is 0 Å². The van der Waals surface area contributed by atoms with E-state index in [0.29, 0.717) is 51.2 Å². The quantitative estimate of drug-likeness (QED) is 0.601. The summed E-state index contributed by atoms with van der Waals surface area (Å²) in [6, 6.07) is 6.16. The van der Waals surface area contributed by atoms with Gasteiger partial charge in [-0.15, -0.1) is 0 Å². The van der Waals surface area contributed by atoms with Crippen LogP contribution in [-0.4, -0.2) is 57.9 Å². The number of nitrogens with one attached hydrogen (secondary N) is 2. The molecule has 1 fully saturated rings. The van der Waals surface area contributed by atoms with E-state index in [0.717, 1.165) is 6.42 Å². The van der Waals surface area contributed by atoms with Crippen LogP contribution in [0.15, 0.2) is 29.2 Å². The summed E-state index contributed by atoms with van der Waals surface area (Å²) in [6.45, 7) is 3.40. The summed E-state index contributed by atoms with van der Waals surface area (Å²) in [5.74, 6) is -0.0117. The Morgan fingerprint density at radius 3 is 2.39 bits per heavy atom. The molecule has 28 heavy (non-hydrogen) atoms. The van der Waals surface area contributed by atoms with Crippen molar-refractivity contribution in [1.29, 1.82) is 0 Å². The second kappa shape index (κ2) is 10.5. The van der Waals surface area contributed by atoms with Gasteiger partial charge in [0.15, 0.2) is 0 Å². The van der Waals surface area contributed by atoms with Crippen molar-refractivity contribution in [1.82, 2.24) is 9.62 Å². The minimum absolute atomic E-state index is 0.00553. The molecule has 0 spiro atoms. The lowest BCUT2D eigenvalue weighted by Crippen LogP contribution is -2.39. The van der Waals surface area contributed by atoms with E-state index in [4.69, 9.17) is 4.74 Å². The molecule has 1 aromatic carbocycles. The van der Waals surface area contributed by atoms with Crippen molar-refractivity contribution in [2.75, 3.05) is 38.7 Å². The van der Waals surface area contributed by atoms with E-state index in [1.807, 2.05) is 0 Å². The van der Waals surface area contributed by atoms with Gasteiger partial charge in [-0.05, 0) is 49.4 Å². The molecule has 0 unspecified atom stereocenters. The van der Waals surface area contributed by atoms with Crippen molar-refractivity contribution in [3.05, 3.63) is 24.3 Å². The van der Waals surface area contributed by atoms with Crippen LogP contribution < -0.4 is 10.6 Å². The Kier molecular flexibility index (Phi) is 8.40. The predicted octanol–water partition coefficient (Wildman–Crippen LogP) is 1.59. The fourth-order valence-electron chi connectivity index (χ4n) is 3.19. The van der Waals surface area contributed by atoms with Crippen LogP contribution in [0.4, 0.5) is 5.69 Å². The zero-order chi connectivity index (χ0) is 20.6. The van der Waals surface area contributed by atoms with Crippen molar-refractivity contribution in [2.24, 2.45) is 5.92 Å². The molecule has 2 N–H and O–H groups in total. The number of hydrogen-bond acceptors (Lipinski definition) is 5. The number of methoxy groups -OCH3 is 1. The number of sulfonamides is 1. The highest BCUT2D eigenvalue weighted by molar-refractivity contribution is 7.89. The van der Waals surface area contributed by atoms with Crippen molar-refractivity contribution in [2.45, 2.75) is 37.5 Å². The van der Waals surface area contributed by atoms with Crippen LogP contribution in [0, 0.1) is 5.92 Å². The van der Waals surface area contributed by atoms with Gasteiger partial charge in [-0.3, -0.25) is 9.59 Å². The van der Waals surface area contributed by atoms with Crippen molar-refractivity contribution in [3.63, 3.8) is 0 Å². The molecule has 0 atom stereocenters. The standard InChI is InChI=1S/C19H29N3O5S/c1-15(23)21-17-4-6-18(7-5-17)28(25,26)22-11-8-16(9-12-22)14-19(24)20-10-3-13-27-2/h4-7,16H,3,8-14H2,1-2H3,(H,20,24)(H,21,23). The van der Waals surface area contributed by atoms with E-state index in [9.17, 15) is 18.0 Å². The summed E-state index contributed by atoms with van der Waals surface area (Å²) in [5, 5.41) is 5.49. The molecular weight excluding hydrogens is 382 g/mol. The number of piperidine rings is 1. The maximum absolute atomic E-state index is 12.8. The molecule has 0 aromatic heterocycles. The van der Waals surface area contributed by atoms with Gasteiger partial charge in [0.2, 0.25) is 21.8 Å². The van der Waals surface area contributed by atoms with Gasteiger partial charge >= 0.3 is 0 Å². The zero-order valence-corrected chi connectivity index (χ0v) is 17.3. The van der Waals surface area contributed by atoms with Gasteiger partial charge in [-0.2, -0.15) is 4.31 Å². The first-order valence-electron chi connectivity index (χ1n) is 9.46. The van der Waals surface area contributed by atoms with E-state index in [-0.39, 0.29) is 22.6 Å². The SMILES string of the molecule is COCCCNC(=O)CC1CCN(S(=O)(=O)c2ccc(NC(C)=O)cc2)CC1. The number of hydrogen-bond donors (Lipinski definition) is 2. The number of amides is 2. The smallest absolute Gasteiger partial charge is 0.243 e. The normalized spacial score (nSPS) is 15.9. The molecule has 2 rings (SSSR count). The molecule has 156 valence electrons. The molecule has 1 saturated heterocycles. The van der Waals surface area contributed by atoms with Gasteiger partial charge < -0.3 is 15.4 Å². The van der Waals surface area contributed by atoms with Crippen molar-refractivity contribution in [3.8, 4) is 0 Å². The fourth-order valence-corrected chi connectivity index (χ4v) is 4.66. The second-order valence-corrected chi connectivity index (χ2v) is 8.89. The third-order valence-corrected chi connectivity index (χ3v) is 6.62. The van der Waals surface area contributed by atoms with Crippen molar-refractivity contribution < 1.29 is 22.7 Å². The van der Waals surface area contributed by atoms with E-state index >= 15 is 0 Å². The maximum atomic E-state index is 12.8. The van der Waals surface area contributed by atoms with Crippen LogP contribution in [0.25, 0.3) is 0 Å². The molecule has 1 aliphatic heterocycles. The molecule has 0 saturated carbocycles. The largest absolute Gasteiger partial charge is 0.385 e. The van der Waals surface area contributed by atoms with Gasteiger partial charge in [0.25, 0.3) is 0 Å². The molecule has 1 heterocycles. The van der Waals surface area contributed by atoms with Gasteiger partial charge in [0.1, 0.15) is 0 Å². The summed E-state index contributed by atoms with van der Waals surface area (Å²) in [6.07, 6.45) is 2.52. The zero-order valence-electron chi connectivity index (χ0n) is 16.4. The van der Waals surface area contributed by atoms with Crippen LogP contribution in [0.5, 0.6) is 0 Å². The van der Waals surface area contributed by atoms with Crippen LogP contribution in [0.1, 0.15) is 32.6 Å². The third kappa shape index (κ3) is 6.57. The monoisotopic (exact) mass is 411 g/mol. The molecule has 8 nitrogen and oxygen atoms in total. The van der Waals surface area contributed by atoms with E-state index in [1.54, 1.807) is 19.2 Å². The molecule has 0 radical (unpaired) electrons. The van der Waals surface area contributed by atoms with Crippen LogP contribution in [-0.2, 0) is 24.3 Å². The second-order valence-electron chi connectivity index (χ2n) is 6.95. The summed E-state index contributed by atoms with van der Waals surface area (Å²) >= 11 is 0. The molecular formula is C19H29N3O5S. The van der Waals surface area contributed by atoms with Crippen LogP contribution in [0.2, 0.25) is 0 Å². The van der Waals surface area contributed by atoms with Gasteiger partial charge in [-0.1, -0.05) is 0 Å². The molecule has 2 amide bonds. The number of carbonyl (C=O) groups excluding carboxylic acids is 2. The third-order valence-electron chi connectivity index (χ3n) is 4.71. The highest BCUT2D eigenvalue weighted by Crippen LogP contribution is 2.26. The Hall–Kier alpha value is -1.97. The number of anilines is 1. The average molecular weight is 412 g/mol. The first-order chi connectivity index (χ1) is 13.3.